The molecule has 0 heterocycles. The third kappa shape index (κ3) is 7.53. The molecule has 0 aliphatic rings. The van der Waals surface area contributed by atoms with Gasteiger partial charge >= 0.3 is 58.4 Å². The van der Waals surface area contributed by atoms with Crippen molar-refractivity contribution in [1.29, 1.82) is 0 Å². The minimum Gasteiger partial charge on any atom is -0.492 e. The Hall–Kier alpha value is 0.211. The van der Waals surface area contributed by atoms with Gasteiger partial charge in [-0.2, -0.15) is 0 Å². The number of hydrogen-bond acceptors (Lipinski definition) is 2. The second-order valence-corrected chi connectivity index (χ2v) is 3.91. The smallest absolute Gasteiger partial charge is 0.492 e. The van der Waals surface area contributed by atoms with Crippen molar-refractivity contribution in [2.45, 2.75) is 6.42 Å². The molecule has 0 radical (unpaired) electrons. The van der Waals surface area contributed by atoms with E-state index in [4.69, 9.17) is 9.47 Å². The zero-order chi connectivity index (χ0) is 13.6. The second kappa shape index (κ2) is 9.20. The summed E-state index contributed by atoms with van der Waals surface area (Å²) in [6, 6.07) is 6.88. The molecule has 0 saturated heterocycles. The van der Waals surface area contributed by atoms with Crippen molar-refractivity contribution in [2.24, 2.45) is 0 Å². The summed E-state index contributed by atoms with van der Waals surface area (Å²) in [6.07, 6.45) is 0.759. The van der Waals surface area contributed by atoms with Crippen LogP contribution in [-0.4, -0.2) is 27.3 Å². The standard InChI is InChI=1S/C12H15BF3O2.K/c1-10(13(14,15)16)9-18-12-5-3-11(4-6-12)7-8-17-2;/h3-6H,1,7-9H2,2H3;/q-1;+1. The van der Waals surface area contributed by atoms with Gasteiger partial charge in [0.2, 0.25) is 0 Å². The normalized spacial score (nSPS) is 10.7. The molecule has 0 atom stereocenters. The monoisotopic (exact) mass is 298 g/mol. The Morgan fingerprint density at radius 3 is 2.26 bits per heavy atom. The fraction of sp³-hybridized carbons (Fsp3) is 0.333. The van der Waals surface area contributed by atoms with Crippen LogP contribution in [0.15, 0.2) is 36.3 Å². The molecule has 1 rings (SSSR count). The van der Waals surface area contributed by atoms with Crippen LogP contribution in [0.25, 0.3) is 0 Å². The molecule has 0 unspecified atom stereocenters. The number of ether oxygens (including phenoxy) is 2. The van der Waals surface area contributed by atoms with E-state index in [9.17, 15) is 12.9 Å². The van der Waals surface area contributed by atoms with Gasteiger partial charge < -0.3 is 22.4 Å². The van der Waals surface area contributed by atoms with Crippen LogP contribution in [0.3, 0.4) is 0 Å². The van der Waals surface area contributed by atoms with Gasteiger partial charge in [0.15, 0.2) is 0 Å². The van der Waals surface area contributed by atoms with E-state index in [1.165, 1.54) is 0 Å². The minimum atomic E-state index is -5.02. The Kier molecular flexibility index (Phi) is 9.31. The average Bonchev–Trinajstić information content (AvgIpc) is 2.33. The summed E-state index contributed by atoms with van der Waals surface area (Å²) in [5.74, 6) is 0.400. The molecule has 0 N–H and O–H groups in total. The van der Waals surface area contributed by atoms with Gasteiger partial charge in [-0.15, -0.1) is 12.1 Å². The van der Waals surface area contributed by atoms with Crippen LogP contribution in [-0.2, 0) is 11.2 Å². The summed E-state index contributed by atoms with van der Waals surface area (Å²) in [4.78, 5) is 0. The van der Waals surface area contributed by atoms with Crippen LogP contribution in [0.4, 0.5) is 12.9 Å². The molecule has 0 aliphatic carbocycles. The number of benzene rings is 1. The van der Waals surface area contributed by atoms with Crippen LogP contribution in [0.1, 0.15) is 5.56 Å². The van der Waals surface area contributed by atoms with E-state index in [2.05, 4.69) is 6.58 Å². The predicted octanol–water partition coefficient (Wildman–Crippen LogP) is 0.201. The molecule has 0 saturated carbocycles. The zero-order valence-electron chi connectivity index (χ0n) is 11.2. The predicted molar refractivity (Wildman–Crippen MR) is 65.7 cm³/mol. The zero-order valence-corrected chi connectivity index (χ0v) is 14.3. The van der Waals surface area contributed by atoms with Crippen LogP contribution >= 0.6 is 0 Å². The Morgan fingerprint density at radius 1 is 1.21 bits per heavy atom. The fourth-order valence-corrected chi connectivity index (χ4v) is 1.24. The first-order valence-electron chi connectivity index (χ1n) is 5.52. The number of methoxy groups -OCH3 is 1. The van der Waals surface area contributed by atoms with Crippen LogP contribution < -0.4 is 56.1 Å². The van der Waals surface area contributed by atoms with Gasteiger partial charge in [0.1, 0.15) is 5.75 Å². The Bertz CT molecular complexity index is 393. The molecular formula is C12H15BF3KO2. The summed E-state index contributed by atoms with van der Waals surface area (Å²) >= 11 is 0. The maximum absolute atomic E-state index is 12.2. The number of rotatable bonds is 7. The largest absolute Gasteiger partial charge is 1.00 e. The Morgan fingerprint density at radius 2 is 1.79 bits per heavy atom. The van der Waals surface area contributed by atoms with E-state index in [0.29, 0.717) is 12.4 Å². The first kappa shape index (κ1) is 19.2. The first-order valence-corrected chi connectivity index (χ1v) is 5.52. The molecule has 1 aromatic rings. The molecule has 19 heavy (non-hydrogen) atoms. The van der Waals surface area contributed by atoms with Gasteiger partial charge in [-0.3, -0.25) is 0 Å². The fourth-order valence-electron chi connectivity index (χ4n) is 1.24. The third-order valence-electron chi connectivity index (χ3n) is 2.41. The topological polar surface area (TPSA) is 18.5 Å². The molecule has 0 fully saturated rings. The van der Waals surface area contributed by atoms with E-state index < -0.39 is 19.1 Å². The summed E-state index contributed by atoms with van der Waals surface area (Å²) < 4.78 is 46.6. The summed E-state index contributed by atoms with van der Waals surface area (Å²) in [7, 11) is 1.61. The van der Waals surface area contributed by atoms with E-state index in [1.807, 2.05) is 0 Å². The maximum atomic E-state index is 12.2. The molecular weight excluding hydrogens is 283 g/mol. The molecule has 1 aromatic carbocycles. The number of halogens is 3. The van der Waals surface area contributed by atoms with Gasteiger partial charge in [-0.1, -0.05) is 12.1 Å². The van der Waals surface area contributed by atoms with Crippen molar-refractivity contribution < 1.29 is 73.8 Å². The third-order valence-corrected chi connectivity index (χ3v) is 2.41. The summed E-state index contributed by atoms with van der Waals surface area (Å²) in [5, 5.41) is 0. The Labute approximate surface area is 153 Å². The number of hydrogen-bond donors (Lipinski definition) is 0. The molecule has 0 aromatic heterocycles. The molecule has 0 aliphatic heterocycles. The SMILES string of the molecule is C=C(COc1ccc(CCOC)cc1)[B-](F)(F)F.[K+]. The molecule has 0 amide bonds. The van der Waals surface area contributed by atoms with Crippen molar-refractivity contribution in [3.8, 4) is 5.75 Å². The van der Waals surface area contributed by atoms with E-state index >= 15 is 0 Å². The van der Waals surface area contributed by atoms with Crippen molar-refractivity contribution >= 4 is 6.98 Å². The van der Waals surface area contributed by atoms with Gasteiger partial charge in [-0.25, -0.2) is 0 Å². The van der Waals surface area contributed by atoms with E-state index in [1.54, 1.807) is 31.4 Å². The summed E-state index contributed by atoms with van der Waals surface area (Å²) in [6.45, 7) is -1.98. The average molecular weight is 298 g/mol. The molecule has 7 heteroatoms. The van der Waals surface area contributed by atoms with E-state index in [-0.39, 0.29) is 51.4 Å². The van der Waals surface area contributed by atoms with Crippen LogP contribution in [0, 0.1) is 0 Å². The minimum absolute atomic E-state index is 0. The van der Waals surface area contributed by atoms with Crippen molar-refractivity contribution in [2.75, 3.05) is 20.3 Å². The van der Waals surface area contributed by atoms with Crippen LogP contribution in [0.5, 0.6) is 5.75 Å². The first-order chi connectivity index (χ1) is 8.43. The summed E-state index contributed by atoms with van der Waals surface area (Å²) in [5.41, 5.74) is 0.210. The molecule has 0 bridgehead atoms. The van der Waals surface area contributed by atoms with Crippen molar-refractivity contribution in [3.05, 3.63) is 41.9 Å². The molecule has 2 nitrogen and oxygen atoms in total. The second-order valence-electron chi connectivity index (χ2n) is 3.91. The van der Waals surface area contributed by atoms with Crippen LogP contribution in [0.2, 0.25) is 0 Å². The molecule has 0 spiro atoms. The quantitative estimate of drug-likeness (QED) is 0.670. The van der Waals surface area contributed by atoms with Gasteiger partial charge in [0.25, 0.3) is 0 Å². The van der Waals surface area contributed by atoms with E-state index in [0.717, 1.165) is 12.0 Å². The molecule has 100 valence electrons. The van der Waals surface area contributed by atoms with Gasteiger partial charge in [-0.05, 0) is 24.1 Å². The van der Waals surface area contributed by atoms with Gasteiger partial charge in [0, 0.05) is 7.11 Å². The van der Waals surface area contributed by atoms with Crippen molar-refractivity contribution in [1.82, 2.24) is 0 Å². The van der Waals surface area contributed by atoms with Crippen molar-refractivity contribution in [3.63, 3.8) is 0 Å². The Balaban J connectivity index is 0.00000324. The van der Waals surface area contributed by atoms with Gasteiger partial charge in [0.05, 0.1) is 13.2 Å². The maximum Gasteiger partial charge on any atom is 1.00 e.